The van der Waals surface area contributed by atoms with Crippen molar-refractivity contribution in [1.29, 1.82) is 0 Å². The number of aromatic nitrogens is 2. The Labute approximate surface area is 190 Å². The van der Waals surface area contributed by atoms with Crippen LogP contribution in [-0.2, 0) is 17.9 Å². The molecule has 1 saturated carbocycles. The summed E-state index contributed by atoms with van der Waals surface area (Å²) in [4.78, 5) is 42.5. The van der Waals surface area contributed by atoms with E-state index in [1.54, 1.807) is 18.2 Å². The minimum atomic E-state index is -0.711. The van der Waals surface area contributed by atoms with Crippen LogP contribution in [0.3, 0.4) is 0 Å². The molecule has 7 nitrogen and oxygen atoms in total. The minimum absolute atomic E-state index is 0.0374. The molecule has 2 unspecified atom stereocenters. The molecule has 0 radical (unpaired) electrons. The van der Waals surface area contributed by atoms with Crippen LogP contribution in [0.5, 0.6) is 0 Å². The van der Waals surface area contributed by atoms with Crippen LogP contribution in [0.15, 0.2) is 64.2 Å². The Morgan fingerprint density at radius 1 is 1.15 bits per heavy atom. The minimum Gasteiger partial charge on any atom is -0.383 e. The van der Waals surface area contributed by atoms with Crippen molar-refractivity contribution >= 4 is 17.4 Å². The molecule has 1 aliphatic carbocycles. The number of aromatic amines is 1. The number of benzene rings is 2. The van der Waals surface area contributed by atoms with Crippen molar-refractivity contribution in [3.63, 3.8) is 0 Å². The molecule has 0 saturated heterocycles. The van der Waals surface area contributed by atoms with E-state index in [0.29, 0.717) is 24.9 Å². The van der Waals surface area contributed by atoms with Crippen molar-refractivity contribution in [3.05, 3.63) is 92.4 Å². The smallest absolute Gasteiger partial charge is 0.330 e. The zero-order valence-electron chi connectivity index (χ0n) is 18.5. The average molecular weight is 451 g/mol. The van der Waals surface area contributed by atoms with E-state index in [0.717, 1.165) is 12.0 Å². The summed E-state index contributed by atoms with van der Waals surface area (Å²) >= 11 is 0. The second kappa shape index (κ2) is 9.44. The van der Waals surface area contributed by atoms with Crippen LogP contribution in [0.25, 0.3) is 0 Å². The maximum atomic E-state index is 14.3. The van der Waals surface area contributed by atoms with Crippen molar-refractivity contribution < 1.29 is 9.18 Å². The van der Waals surface area contributed by atoms with Crippen LogP contribution in [0, 0.1) is 11.7 Å². The number of nitrogens with two attached hydrogens (primary N) is 1. The number of anilines is 2. The van der Waals surface area contributed by atoms with Gasteiger partial charge in [0.1, 0.15) is 11.6 Å². The predicted molar refractivity (Wildman–Crippen MR) is 126 cm³/mol. The lowest BCUT2D eigenvalue weighted by molar-refractivity contribution is -0.120. The fraction of sp³-hybridized carbons (Fsp3) is 0.320. The van der Waals surface area contributed by atoms with E-state index in [1.165, 1.54) is 15.5 Å². The summed E-state index contributed by atoms with van der Waals surface area (Å²) in [5.74, 6) is -1.43. The van der Waals surface area contributed by atoms with E-state index in [4.69, 9.17) is 5.73 Å². The van der Waals surface area contributed by atoms with Crippen molar-refractivity contribution in [3.8, 4) is 0 Å². The molecular formula is C25H27FN4O3. The van der Waals surface area contributed by atoms with Crippen molar-refractivity contribution in [2.75, 3.05) is 10.6 Å². The van der Waals surface area contributed by atoms with Gasteiger partial charge in [0.25, 0.3) is 5.56 Å². The molecule has 1 aliphatic rings. The molecular weight excluding hydrogens is 423 g/mol. The Kier molecular flexibility index (Phi) is 6.44. The standard InChI is InChI=1S/C25H27FN4O3/c1-2-3-13-29-22(27)21(23(31)28-25(29)33)30(15-16-9-5-4-6-10-16)24(32)19-14-18(19)17-11-7-8-12-20(17)26/h4-12,18-19H,2-3,13-15,27H2,1H3,(H,28,31,33). The lowest BCUT2D eigenvalue weighted by atomic mass is 10.1. The van der Waals surface area contributed by atoms with E-state index in [9.17, 15) is 18.8 Å². The van der Waals surface area contributed by atoms with Crippen LogP contribution < -0.4 is 21.9 Å². The highest BCUT2D eigenvalue weighted by Crippen LogP contribution is 2.49. The Hall–Kier alpha value is -3.68. The highest BCUT2D eigenvalue weighted by atomic mass is 19.1. The fourth-order valence-corrected chi connectivity index (χ4v) is 4.20. The first-order chi connectivity index (χ1) is 15.9. The van der Waals surface area contributed by atoms with E-state index >= 15 is 0 Å². The first-order valence-electron chi connectivity index (χ1n) is 11.1. The molecule has 172 valence electrons. The Balaban J connectivity index is 1.74. The van der Waals surface area contributed by atoms with Gasteiger partial charge in [-0.15, -0.1) is 0 Å². The van der Waals surface area contributed by atoms with Gasteiger partial charge in [-0.2, -0.15) is 0 Å². The maximum absolute atomic E-state index is 14.3. The Bertz CT molecular complexity index is 1270. The topological polar surface area (TPSA) is 101 Å². The molecule has 1 heterocycles. The zero-order chi connectivity index (χ0) is 23.5. The van der Waals surface area contributed by atoms with Gasteiger partial charge in [0.15, 0.2) is 5.69 Å². The monoisotopic (exact) mass is 450 g/mol. The highest BCUT2D eigenvalue weighted by molar-refractivity contribution is 5.99. The second-order valence-corrected chi connectivity index (χ2v) is 8.38. The number of carbonyl (C=O) groups excluding carboxylic acids is 1. The van der Waals surface area contributed by atoms with Gasteiger partial charge in [-0.1, -0.05) is 61.9 Å². The van der Waals surface area contributed by atoms with Gasteiger partial charge < -0.3 is 5.73 Å². The number of hydrogen-bond acceptors (Lipinski definition) is 4. The van der Waals surface area contributed by atoms with Gasteiger partial charge in [-0.3, -0.25) is 24.0 Å². The molecule has 1 aromatic heterocycles. The number of H-pyrrole nitrogens is 1. The van der Waals surface area contributed by atoms with Crippen LogP contribution in [0.1, 0.15) is 43.2 Å². The summed E-state index contributed by atoms with van der Waals surface area (Å²) < 4.78 is 15.6. The molecule has 3 aromatic rings. The van der Waals surface area contributed by atoms with Crippen LogP contribution in [0.4, 0.5) is 15.9 Å². The van der Waals surface area contributed by atoms with E-state index in [2.05, 4.69) is 4.98 Å². The average Bonchev–Trinajstić information content (AvgIpc) is 3.59. The third-order valence-corrected chi connectivity index (χ3v) is 6.08. The van der Waals surface area contributed by atoms with Crippen molar-refractivity contribution in [2.24, 2.45) is 5.92 Å². The first kappa shape index (κ1) is 22.5. The molecule has 0 bridgehead atoms. The lowest BCUT2D eigenvalue weighted by Gasteiger charge is -2.25. The van der Waals surface area contributed by atoms with Gasteiger partial charge in [0, 0.05) is 12.5 Å². The zero-order valence-corrected chi connectivity index (χ0v) is 18.5. The van der Waals surface area contributed by atoms with Gasteiger partial charge in [0.05, 0.1) is 6.54 Å². The van der Waals surface area contributed by atoms with E-state index < -0.39 is 17.2 Å². The molecule has 8 heteroatoms. The normalized spacial score (nSPS) is 17.0. The predicted octanol–water partition coefficient (Wildman–Crippen LogP) is 3.39. The summed E-state index contributed by atoms with van der Waals surface area (Å²) in [5.41, 5.74) is 6.24. The van der Waals surface area contributed by atoms with Gasteiger partial charge in [0.2, 0.25) is 5.91 Å². The third-order valence-electron chi connectivity index (χ3n) is 6.08. The molecule has 2 atom stereocenters. The summed E-state index contributed by atoms with van der Waals surface area (Å²) in [5, 5.41) is 0. The summed E-state index contributed by atoms with van der Waals surface area (Å²) in [6.45, 7) is 2.42. The third kappa shape index (κ3) is 4.60. The first-order valence-corrected chi connectivity index (χ1v) is 11.1. The quantitative estimate of drug-likeness (QED) is 0.549. The summed E-state index contributed by atoms with van der Waals surface area (Å²) in [7, 11) is 0. The number of rotatable bonds is 8. The van der Waals surface area contributed by atoms with Crippen LogP contribution >= 0.6 is 0 Å². The Morgan fingerprint density at radius 3 is 2.55 bits per heavy atom. The fourth-order valence-electron chi connectivity index (χ4n) is 4.20. The van der Waals surface area contributed by atoms with Gasteiger partial charge in [-0.05, 0) is 36.0 Å². The maximum Gasteiger partial charge on any atom is 0.330 e. The molecule has 3 N–H and O–H groups in total. The number of halogens is 1. The molecule has 1 amide bonds. The van der Waals surface area contributed by atoms with Crippen molar-refractivity contribution in [2.45, 2.75) is 45.2 Å². The molecule has 4 rings (SSSR count). The number of nitrogens with zero attached hydrogens (tertiary/aromatic N) is 2. The largest absolute Gasteiger partial charge is 0.383 e. The Morgan fingerprint density at radius 2 is 1.85 bits per heavy atom. The second-order valence-electron chi connectivity index (χ2n) is 8.38. The van der Waals surface area contributed by atoms with E-state index in [1.807, 2.05) is 37.3 Å². The van der Waals surface area contributed by atoms with Gasteiger partial charge in [-0.25, -0.2) is 9.18 Å². The highest BCUT2D eigenvalue weighted by Gasteiger charge is 2.47. The number of amides is 1. The number of nitrogens with one attached hydrogen (secondary N) is 1. The molecule has 33 heavy (non-hydrogen) atoms. The summed E-state index contributed by atoms with van der Waals surface area (Å²) in [6.07, 6.45) is 2.01. The lowest BCUT2D eigenvalue weighted by Crippen LogP contribution is -2.41. The molecule has 0 aliphatic heterocycles. The molecule has 1 fully saturated rings. The summed E-state index contributed by atoms with van der Waals surface area (Å²) in [6, 6.07) is 15.6. The number of unbranched alkanes of at least 4 members (excludes halogenated alkanes) is 1. The number of carbonyl (C=O) groups is 1. The van der Waals surface area contributed by atoms with Crippen LogP contribution in [0.2, 0.25) is 0 Å². The molecule has 0 spiro atoms. The van der Waals surface area contributed by atoms with Crippen LogP contribution in [-0.4, -0.2) is 15.5 Å². The number of nitrogen functional groups attached to an aromatic ring is 1. The van der Waals surface area contributed by atoms with E-state index in [-0.39, 0.29) is 35.7 Å². The molecule has 2 aromatic carbocycles. The van der Waals surface area contributed by atoms with Crippen molar-refractivity contribution in [1.82, 2.24) is 9.55 Å². The number of hydrogen-bond donors (Lipinski definition) is 2. The van der Waals surface area contributed by atoms with Gasteiger partial charge >= 0.3 is 5.69 Å². The SMILES string of the molecule is CCCCn1c(N)c(N(Cc2ccccc2)C(=O)C2CC2c2ccccc2F)c(=O)[nH]c1=O.